The van der Waals surface area contributed by atoms with Crippen LogP contribution in [0.15, 0.2) is 29.2 Å². The number of piperidine rings is 1. The van der Waals surface area contributed by atoms with Crippen LogP contribution in [0.25, 0.3) is 0 Å². The van der Waals surface area contributed by atoms with Crippen LogP contribution in [0.5, 0.6) is 0 Å². The van der Waals surface area contributed by atoms with Gasteiger partial charge in [0.2, 0.25) is 0 Å². The van der Waals surface area contributed by atoms with Crippen LogP contribution in [0.2, 0.25) is 0 Å². The Morgan fingerprint density at radius 3 is 2.75 bits per heavy atom. The van der Waals surface area contributed by atoms with Gasteiger partial charge in [-0.1, -0.05) is 6.42 Å². The van der Waals surface area contributed by atoms with Gasteiger partial charge in [-0.2, -0.15) is 0 Å². The fraction of sp³-hybridized carbons (Fsp3) is 0.562. The van der Waals surface area contributed by atoms with Gasteiger partial charge in [-0.25, -0.2) is 0 Å². The minimum Gasteiger partial charge on any atom is -0.348 e. The molecule has 4 heteroatoms. The lowest BCUT2D eigenvalue weighted by atomic mass is 9.99. The Morgan fingerprint density at radius 1 is 1.20 bits per heavy atom. The van der Waals surface area contributed by atoms with Crippen molar-refractivity contribution in [1.82, 2.24) is 10.2 Å². The second-order valence-electron chi connectivity index (χ2n) is 5.70. The van der Waals surface area contributed by atoms with Crippen LogP contribution in [0.4, 0.5) is 0 Å². The zero-order valence-electron chi connectivity index (χ0n) is 12.0. The molecule has 1 aromatic carbocycles. The van der Waals surface area contributed by atoms with Crippen LogP contribution in [-0.4, -0.2) is 42.2 Å². The van der Waals surface area contributed by atoms with E-state index in [0.717, 1.165) is 18.5 Å². The Bertz CT molecular complexity index is 474. The third-order valence-electron chi connectivity index (χ3n) is 4.52. The van der Waals surface area contributed by atoms with Crippen molar-refractivity contribution in [2.45, 2.75) is 42.7 Å². The molecule has 2 aliphatic heterocycles. The van der Waals surface area contributed by atoms with Crippen molar-refractivity contribution in [3.8, 4) is 0 Å². The first-order valence-corrected chi connectivity index (χ1v) is 8.69. The molecule has 2 aliphatic rings. The van der Waals surface area contributed by atoms with Crippen LogP contribution < -0.4 is 5.32 Å². The highest BCUT2D eigenvalue weighted by molar-refractivity contribution is 7.98. The molecule has 1 amide bonds. The summed E-state index contributed by atoms with van der Waals surface area (Å²) in [5.41, 5.74) is 0.775. The monoisotopic (exact) mass is 290 g/mol. The molecule has 0 spiro atoms. The Morgan fingerprint density at radius 2 is 2.00 bits per heavy atom. The predicted molar refractivity (Wildman–Crippen MR) is 83.3 cm³/mol. The highest BCUT2D eigenvalue weighted by Crippen LogP contribution is 2.27. The van der Waals surface area contributed by atoms with Crippen molar-refractivity contribution in [1.29, 1.82) is 0 Å². The first-order chi connectivity index (χ1) is 9.78. The summed E-state index contributed by atoms with van der Waals surface area (Å²) in [5, 5.41) is 3.24. The van der Waals surface area contributed by atoms with Crippen LogP contribution in [-0.2, 0) is 0 Å². The summed E-state index contributed by atoms with van der Waals surface area (Å²) in [5.74, 6) is 0.0788. The average molecular weight is 290 g/mol. The summed E-state index contributed by atoms with van der Waals surface area (Å²) in [6, 6.07) is 8.78. The molecule has 0 saturated carbocycles. The maximum atomic E-state index is 12.3. The normalized spacial score (nSPS) is 26.2. The molecule has 20 heavy (non-hydrogen) atoms. The van der Waals surface area contributed by atoms with E-state index in [1.807, 2.05) is 30.5 Å². The van der Waals surface area contributed by atoms with E-state index in [2.05, 4.69) is 10.2 Å². The minimum atomic E-state index is 0.0788. The quantitative estimate of drug-likeness (QED) is 0.869. The molecule has 3 rings (SSSR count). The van der Waals surface area contributed by atoms with E-state index in [1.165, 1.54) is 30.7 Å². The number of hydrogen-bond acceptors (Lipinski definition) is 3. The number of fused-ring (bicyclic) bond motifs is 1. The van der Waals surface area contributed by atoms with E-state index < -0.39 is 0 Å². The van der Waals surface area contributed by atoms with Gasteiger partial charge < -0.3 is 5.32 Å². The van der Waals surface area contributed by atoms with Gasteiger partial charge in [0, 0.05) is 29.1 Å². The van der Waals surface area contributed by atoms with Crippen LogP contribution in [0.1, 0.15) is 36.0 Å². The molecule has 1 N–H and O–H groups in total. The summed E-state index contributed by atoms with van der Waals surface area (Å²) >= 11 is 1.70. The molecular formula is C16H22N2OS. The molecule has 2 fully saturated rings. The second-order valence-corrected chi connectivity index (χ2v) is 6.58. The summed E-state index contributed by atoms with van der Waals surface area (Å²) in [6.45, 7) is 2.35. The first kappa shape index (κ1) is 14.0. The van der Waals surface area contributed by atoms with Crippen LogP contribution in [0.3, 0.4) is 0 Å². The molecule has 2 unspecified atom stereocenters. The fourth-order valence-corrected chi connectivity index (χ4v) is 3.82. The van der Waals surface area contributed by atoms with Gasteiger partial charge in [0.15, 0.2) is 0 Å². The standard InChI is InChI=1S/C16H22N2OS/c1-20-13-7-5-12(6-8-13)16(19)17-14-9-11-18-10-3-2-4-15(14)18/h5-8,14-15H,2-4,9-11H2,1H3,(H,17,19). The number of amides is 1. The third kappa shape index (κ3) is 2.86. The Labute approximate surface area is 125 Å². The Hall–Kier alpha value is -1.00. The lowest BCUT2D eigenvalue weighted by Crippen LogP contribution is -2.46. The first-order valence-electron chi connectivity index (χ1n) is 7.47. The van der Waals surface area contributed by atoms with E-state index in [-0.39, 0.29) is 5.91 Å². The molecular weight excluding hydrogens is 268 g/mol. The minimum absolute atomic E-state index is 0.0788. The number of benzene rings is 1. The molecule has 0 aliphatic carbocycles. The Kier molecular flexibility index (Phi) is 4.32. The largest absolute Gasteiger partial charge is 0.348 e. The van der Waals surface area contributed by atoms with E-state index in [1.54, 1.807) is 11.8 Å². The van der Waals surface area contributed by atoms with E-state index in [4.69, 9.17) is 0 Å². The van der Waals surface area contributed by atoms with Crippen molar-refractivity contribution in [2.75, 3.05) is 19.3 Å². The zero-order valence-corrected chi connectivity index (χ0v) is 12.8. The predicted octanol–water partition coefficient (Wildman–Crippen LogP) is 2.77. The topological polar surface area (TPSA) is 32.3 Å². The molecule has 2 heterocycles. The van der Waals surface area contributed by atoms with E-state index in [9.17, 15) is 4.79 Å². The fourth-order valence-electron chi connectivity index (χ4n) is 3.41. The number of carbonyl (C=O) groups is 1. The summed E-state index contributed by atoms with van der Waals surface area (Å²) in [6.07, 6.45) is 6.99. The average Bonchev–Trinajstić information content (AvgIpc) is 2.91. The maximum Gasteiger partial charge on any atom is 0.251 e. The van der Waals surface area contributed by atoms with Crippen LogP contribution in [0, 0.1) is 0 Å². The van der Waals surface area contributed by atoms with Crippen molar-refractivity contribution in [3.63, 3.8) is 0 Å². The summed E-state index contributed by atoms with van der Waals surface area (Å²) < 4.78 is 0. The molecule has 108 valence electrons. The maximum absolute atomic E-state index is 12.3. The number of nitrogens with one attached hydrogen (secondary N) is 1. The lowest BCUT2D eigenvalue weighted by Gasteiger charge is -2.32. The van der Waals surface area contributed by atoms with Gasteiger partial charge in [-0.15, -0.1) is 11.8 Å². The smallest absolute Gasteiger partial charge is 0.251 e. The molecule has 0 bridgehead atoms. The van der Waals surface area contributed by atoms with Crippen molar-refractivity contribution >= 4 is 17.7 Å². The van der Waals surface area contributed by atoms with Crippen molar-refractivity contribution in [2.24, 2.45) is 0 Å². The van der Waals surface area contributed by atoms with E-state index >= 15 is 0 Å². The Balaban J connectivity index is 1.63. The summed E-state index contributed by atoms with van der Waals surface area (Å²) in [4.78, 5) is 16.1. The molecule has 0 radical (unpaired) electrons. The van der Waals surface area contributed by atoms with Crippen LogP contribution >= 0.6 is 11.8 Å². The van der Waals surface area contributed by atoms with Gasteiger partial charge in [0.05, 0.1) is 0 Å². The highest BCUT2D eigenvalue weighted by atomic mass is 32.2. The third-order valence-corrected chi connectivity index (χ3v) is 5.27. The molecule has 3 nitrogen and oxygen atoms in total. The number of hydrogen-bond donors (Lipinski definition) is 1. The molecule has 2 saturated heterocycles. The molecule has 1 aromatic rings. The SMILES string of the molecule is CSc1ccc(C(=O)NC2CCN3CCCCC23)cc1. The number of rotatable bonds is 3. The number of thioether (sulfide) groups is 1. The number of carbonyl (C=O) groups excluding carboxylic acids is 1. The van der Waals surface area contributed by atoms with Gasteiger partial charge in [-0.05, 0) is 56.3 Å². The summed E-state index contributed by atoms with van der Waals surface area (Å²) in [7, 11) is 0. The zero-order chi connectivity index (χ0) is 13.9. The molecule has 2 atom stereocenters. The van der Waals surface area contributed by atoms with Gasteiger partial charge in [0.1, 0.15) is 0 Å². The van der Waals surface area contributed by atoms with Crippen molar-refractivity contribution < 1.29 is 4.79 Å². The lowest BCUT2D eigenvalue weighted by molar-refractivity contribution is 0.0915. The van der Waals surface area contributed by atoms with Gasteiger partial charge >= 0.3 is 0 Å². The van der Waals surface area contributed by atoms with Gasteiger partial charge in [0.25, 0.3) is 5.91 Å². The number of nitrogens with zero attached hydrogens (tertiary/aromatic N) is 1. The van der Waals surface area contributed by atoms with Gasteiger partial charge in [-0.3, -0.25) is 9.69 Å². The second kappa shape index (κ2) is 6.19. The van der Waals surface area contributed by atoms with Crippen molar-refractivity contribution in [3.05, 3.63) is 29.8 Å². The highest BCUT2D eigenvalue weighted by Gasteiger charge is 2.36. The van der Waals surface area contributed by atoms with E-state index in [0.29, 0.717) is 12.1 Å². The molecule has 0 aromatic heterocycles.